The first kappa shape index (κ1) is 13.7. The first-order valence-electron chi connectivity index (χ1n) is 6.12. The molecule has 104 valence electrons. The Kier molecular flexibility index (Phi) is 4.43. The van der Waals surface area contributed by atoms with Gasteiger partial charge in [0.2, 0.25) is 0 Å². The van der Waals surface area contributed by atoms with Gasteiger partial charge in [-0.3, -0.25) is 9.59 Å². The fourth-order valence-electron chi connectivity index (χ4n) is 1.53. The standard InChI is InChI=1S/C13H14N4O3/c1-2-20-12(18)8-14-13(19)11-9-17(16-15-11)10-6-4-3-5-7-10/h3-7,9H,2,8H2,1H3,(H,14,19). The second kappa shape index (κ2) is 6.46. The molecule has 1 aromatic carbocycles. The average Bonchev–Trinajstić information content (AvgIpc) is 2.96. The molecule has 0 aliphatic rings. The summed E-state index contributed by atoms with van der Waals surface area (Å²) in [5, 5.41) is 10.0. The number of aromatic nitrogens is 3. The maximum Gasteiger partial charge on any atom is 0.325 e. The van der Waals surface area contributed by atoms with Gasteiger partial charge in [-0.05, 0) is 19.1 Å². The number of hydrogen-bond acceptors (Lipinski definition) is 5. The molecule has 0 aliphatic heterocycles. The van der Waals surface area contributed by atoms with Crippen molar-refractivity contribution in [3.05, 3.63) is 42.2 Å². The predicted molar refractivity (Wildman–Crippen MR) is 70.3 cm³/mol. The van der Waals surface area contributed by atoms with E-state index >= 15 is 0 Å². The Balaban J connectivity index is 1.98. The summed E-state index contributed by atoms with van der Waals surface area (Å²) in [6, 6.07) is 9.28. The van der Waals surface area contributed by atoms with Crippen LogP contribution in [-0.4, -0.2) is 40.0 Å². The van der Waals surface area contributed by atoms with Crippen molar-refractivity contribution in [2.45, 2.75) is 6.92 Å². The van der Waals surface area contributed by atoms with Crippen LogP contribution in [0.1, 0.15) is 17.4 Å². The monoisotopic (exact) mass is 274 g/mol. The zero-order valence-electron chi connectivity index (χ0n) is 10.9. The maximum atomic E-state index is 11.8. The second-order valence-electron chi connectivity index (χ2n) is 3.87. The van der Waals surface area contributed by atoms with Crippen LogP contribution >= 0.6 is 0 Å². The molecule has 0 bridgehead atoms. The number of hydrogen-bond donors (Lipinski definition) is 1. The van der Waals surface area contributed by atoms with Crippen molar-refractivity contribution in [3.8, 4) is 5.69 Å². The molecular weight excluding hydrogens is 260 g/mol. The number of nitrogens with zero attached hydrogens (tertiary/aromatic N) is 3. The van der Waals surface area contributed by atoms with Gasteiger partial charge in [0.15, 0.2) is 5.69 Å². The van der Waals surface area contributed by atoms with Gasteiger partial charge < -0.3 is 10.1 Å². The van der Waals surface area contributed by atoms with Gasteiger partial charge in [0.1, 0.15) is 6.54 Å². The Morgan fingerprint density at radius 1 is 1.30 bits per heavy atom. The highest BCUT2D eigenvalue weighted by Gasteiger charge is 2.12. The molecule has 0 radical (unpaired) electrons. The lowest BCUT2D eigenvalue weighted by Gasteiger charge is -2.02. The molecule has 7 heteroatoms. The molecule has 0 saturated heterocycles. The molecule has 0 saturated carbocycles. The van der Waals surface area contributed by atoms with Crippen LogP contribution in [0.25, 0.3) is 5.69 Å². The molecule has 2 rings (SSSR count). The van der Waals surface area contributed by atoms with Gasteiger partial charge in [0.05, 0.1) is 18.5 Å². The zero-order chi connectivity index (χ0) is 14.4. The molecule has 0 fully saturated rings. The van der Waals surface area contributed by atoms with Gasteiger partial charge >= 0.3 is 5.97 Å². The van der Waals surface area contributed by atoms with Crippen molar-refractivity contribution < 1.29 is 14.3 Å². The van der Waals surface area contributed by atoms with Crippen molar-refractivity contribution in [2.24, 2.45) is 0 Å². The molecular formula is C13H14N4O3. The predicted octanol–water partition coefficient (Wildman–Crippen LogP) is 0.560. The molecule has 1 heterocycles. The van der Waals surface area contributed by atoms with Gasteiger partial charge in [-0.25, -0.2) is 4.68 Å². The molecule has 7 nitrogen and oxygen atoms in total. The van der Waals surface area contributed by atoms with E-state index in [1.807, 2.05) is 30.3 Å². The minimum atomic E-state index is -0.490. The SMILES string of the molecule is CCOC(=O)CNC(=O)c1cn(-c2ccccc2)nn1. The minimum Gasteiger partial charge on any atom is -0.465 e. The molecule has 0 spiro atoms. The Morgan fingerprint density at radius 3 is 2.75 bits per heavy atom. The van der Waals surface area contributed by atoms with Gasteiger partial charge in [-0.15, -0.1) is 5.10 Å². The molecule has 1 aromatic heterocycles. The summed E-state index contributed by atoms with van der Waals surface area (Å²) >= 11 is 0. The average molecular weight is 274 g/mol. The number of carbonyl (C=O) groups excluding carboxylic acids is 2. The van der Waals surface area contributed by atoms with E-state index in [0.717, 1.165) is 5.69 Å². The summed E-state index contributed by atoms with van der Waals surface area (Å²) in [7, 11) is 0. The highest BCUT2D eigenvalue weighted by atomic mass is 16.5. The van der Waals surface area contributed by atoms with Crippen molar-refractivity contribution in [1.82, 2.24) is 20.3 Å². The molecule has 0 unspecified atom stereocenters. The van der Waals surface area contributed by atoms with Gasteiger partial charge in [0.25, 0.3) is 5.91 Å². The summed E-state index contributed by atoms with van der Waals surface area (Å²) in [5.74, 6) is -0.962. The Hall–Kier alpha value is -2.70. The fraction of sp³-hybridized carbons (Fsp3) is 0.231. The van der Waals surface area contributed by atoms with Crippen LogP contribution in [0.15, 0.2) is 36.5 Å². The van der Waals surface area contributed by atoms with Crippen LogP contribution in [-0.2, 0) is 9.53 Å². The van der Waals surface area contributed by atoms with Gasteiger partial charge in [0, 0.05) is 0 Å². The van der Waals surface area contributed by atoms with Crippen molar-refractivity contribution in [1.29, 1.82) is 0 Å². The lowest BCUT2D eigenvalue weighted by atomic mass is 10.3. The van der Waals surface area contributed by atoms with Crippen molar-refractivity contribution in [3.63, 3.8) is 0 Å². The molecule has 2 aromatic rings. The summed E-state index contributed by atoms with van der Waals surface area (Å²) < 4.78 is 6.19. The quantitative estimate of drug-likeness (QED) is 0.805. The van der Waals surface area contributed by atoms with E-state index in [-0.39, 0.29) is 18.8 Å². The van der Waals surface area contributed by atoms with Crippen LogP contribution in [0.3, 0.4) is 0 Å². The van der Waals surface area contributed by atoms with Crippen LogP contribution in [0, 0.1) is 0 Å². The van der Waals surface area contributed by atoms with E-state index in [1.165, 1.54) is 10.9 Å². The maximum absolute atomic E-state index is 11.8. The summed E-state index contributed by atoms with van der Waals surface area (Å²) in [6.45, 7) is 1.79. The first-order chi connectivity index (χ1) is 9.70. The Labute approximate surface area is 115 Å². The zero-order valence-corrected chi connectivity index (χ0v) is 10.9. The number of nitrogens with one attached hydrogen (secondary N) is 1. The number of benzene rings is 1. The molecule has 0 aliphatic carbocycles. The van der Waals surface area contributed by atoms with E-state index in [1.54, 1.807) is 6.92 Å². The van der Waals surface area contributed by atoms with Crippen LogP contribution in [0.5, 0.6) is 0 Å². The number of carbonyl (C=O) groups is 2. The number of esters is 1. The topological polar surface area (TPSA) is 86.1 Å². The largest absolute Gasteiger partial charge is 0.465 e. The van der Waals surface area contributed by atoms with Gasteiger partial charge in [-0.2, -0.15) is 0 Å². The highest BCUT2D eigenvalue weighted by Crippen LogP contribution is 2.05. The summed E-state index contributed by atoms with van der Waals surface area (Å²) in [4.78, 5) is 22.9. The van der Waals surface area contributed by atoms with E-state index < -0.39 is 11.9 Å². The van der Waals surface area contributed by atoms with Crippen LogP contribution in [0.2, 0.25) is 0 Å². The fourth-order valence-corrected chi connectivity index (χ4v) is 1.53. The molecule has 20 heavy (non-hydrogen) atoms. The van der Waals surface area contributed by atoms with E-state index in [2.05, 4.69) is 15.6 Å². The third-order valence-corrected chi connectivity index (χ3v) is 2.45. The first-order valence-corrected chi connectivity index (χ1v) is 6.12. The lowest BCUT2D eigenvalue weighted by molar-refractivity contribution is -0.141. The molecule has 0 atom stereocenters. The molecule has 1 N–H and O–H groups in total. The second-order valence-corrected chi connectivity index (χ2v) is 3.87. The third kappa shape index (κ3) is 3.41. The number of ether oxygens (including phenoxy) is 1. The highest BCUT2D eigenvalue weighted by molar-refractivity contribution is 5.93. The number of rotatable bonds is 5. The third-order valence-electron chi connectivity index (χ3n) is 2.45. The van der Waals surface area contributed by atoms with Crippen molar-refractivity contribution in [2.75, 3.05) is 13.2 Å². The number of para-hydroxylation sites is 1. The molecule has 1 amide bonds. The van der Waals surface area contributed by atoms with Crippen LogP contribution in [0.4, 0.5) is 0 Å². The van der Waals surface area contributed by atoms with E-state index in [9.17, 15) is 9.59 Å². The Bertz CT molecular complexity index is 595. The van der Waals surface area contributed by atoms with E-state index in [4.69, 9.17) is 4.74 Å². The van der Waals surface area contributed by atoms with Gasteiger partial charge in [-0.1, -0.05) is 23.4 Å². The minimum absolute atomic E-state index is 0.137. The smallest absolute Gasteiger partial charge is 0.325 e. The normalized spacial score (nSPS) is 10.1. The van der Waals surface area contributed by atoms with Crippen molar-refractivity contribution >= 4 is 11.9 Å². The summed E-state index contributed by atoms with van der Waals surface area (Å²) in [5.41, 5.74) is 0.933. The lowest BCUT2D eigenvalue weighted by Crippen LogP contribution is -2.30. The summed E-state index contributed by atoms with van der Waals surface area (Å²) in [6.07, 6.45) is 1.50. The van der Waals surface area contributed by atoms with E-state index in [0.29, 0.717) is 0 Å². The van der Waals surface area contributed by atoms with Crippen LogP contribution < -0.4 is 5.32 Å². The Morgan fingerprint density at radius 2 is 2.05 bits per heavy atom. The number of amides is 1.